The number of carbonyl (C=O) groups excluding carboxylic acids is 1. The maximum absolute atomic E-state index is 12.2. The van der Waals surface area contributed by atoms with Gasteiger partial charge in [0.25, 0.3) is 0 Å². The SMILES string of the molecule is CC(C)Cn1ncnc1CC(=O)CC(C)CC(C)(C)C. The van der Waals surface area contributed by atoms with Crippen molar-refractivity contribution < 1.29 is 4.79 Å². The molecule has 1 aromatic heterocycles. The molecule has 0 radical (unpaired) electrons. The predicted molar refractivity (Wildman–Crippen MR) is 81.4 cm³/mol. The van der Waals surface area contributed by atoms with Crippen molar-refractivity contribution >= 4 is 5.78 Å². The van der Waals surface area contributed by atoms with Crippen molar-refractivity contribution in [3.63, 3.8) is 0 Å². The molecule has 0 aliphatic rings. The summed E-state index contributed by atoms with van der Waals surface area (Å²) < 4.78 is 1.86. The molecule has 0 spiro atoms. The Hall–Kier alpha value is -1.19. The topological polar surface area (TPSA) is 47.8 Å². The van der Waals surface area contributed by atoms with E-state index in [9.17, 15) is 4.79 Å². The van der Waals surface area contributed by atoms with E-state index in [0.29, 0.717) is 24.7 Å². The van der Waals surface area contributed by atoms with Gasteiger partial charge in [-0.05, 0) is 23.7 Å². The van der Waals surface area contributed by atoms with E-state index in [1.165, 1.54) is 0 Å². The number of hydrogen-bond acceptors (Lipinski definition) is 3. The molecule has 1 rings (SSSR count). The molecule has 0 saturated heterocycles. The van der Waals surface area contributed by atoms with Gasteiger partial charge >= 0.3 is 0 Å². The van der Waals surface area contributed by atoms with Crippen LogP contribution in [0.3, 0.4) is 0 Å². The summed E-state index contributed by atoms with van der Waals surface area (Å²) in [6.07, 6.45) is 3.65. The Labute approximate surface area is 123 Å². The van der Waals surface area contributed by atoms with Gasteiger partial charge in [0.15, 0.2) is 0 Å². The molecular weight excluding hydrogens is 250 g/mol. The Kier molecular flexibility index (Phi) is 5.90. The number of rotatable bonds is 7. The summed E-state index contributed by atoms with van der Waals surface area (Å²) in [5, 5.41) is 4.20. The van der Waals surface area contributed by atoms with Crippen LogP contribution in [0.5, 0.6) is 0 Å². The van der Waals surface area contributed by atoms with Gasteiger partial charge in [-0.1, -0.05) is 41.5 Å². The highest BCUT2D eigenvalue weighted by Gasteiger charge is 2.19. The molecule has 0 fully saturated rings. The van der Waals surface area contributed by atoms with E-state index in [4.69, 9.17) is 0 Å². The van der Waals surface area contributed by atoms with Gasteiger partial charge in [-0.2, -0.15) is 5.10 Å². The zero-order valence-corrected chi connectivity index (χ0v) is 13.8. The fourth-order valence-electron chi connectivity index (χ4n) is 2.68. The average Bonchev–Trinajstić information content (AvgIpc) is 2.60. The molecule has 0 amide bonds. The molecule has 0 bridgehead atoms. The fourth-order valence-corrected chi connectivity index (χ4v) is 2.68. The average molecular weight is 279 g/mol. The quantitative estimate of drug-likeness (QED) is 0.767. The molecule has 1 heterocycles. The van der Waals surface area contributed by atoms with Crippen molar-refractivity contribution in [1.29, 1.82) is 0 Å². The smallest absolute Gasteiger partial charge is 0.140 e. The number of aromatic nitrogens is 3. The molecule has 1 unspecified atom stereocenters. The minimum atomic E-state index is 0.264. The van der Waals surface area contributed by atoms with Gasteiger partial charge in [-0.3, -0.25) is 4.79 Å². The molecule has 0 saturated carbocycles. The Bertz CT molecular complexity index is 429. The van der Waals surface area contributed by atoms with Crippen LogP contribution in [-0.4, -0.2) is 20.5 Å². The van der Waals surface area contributed by atoms with Crippen molar-refractivity contribution in [2.75, 3.05) is 0 Å². The first-order valence-electron chi connectivity index (χ1n) is 7.55. The first-order chi connectivity index (χ1) is 9.17. The van der Waals surface area contributed by atoms with Crippen LogP contribution in [0.15, 0.2) is 6.33 Å². The van der Waals surface area contributed by atoms with E-state index in [1.807, 2.05) is 4.68 Å². The lowest BCUT2D eigenvalue weighted by Gasteiger charge is -2.22. The van der Waals surface area contributed by atoms with Crippen LogP contribution >= 0.6 is 0 Å². The Morgan fingerprint density at radius 1 is 1.30 bits per heavy atom. The van der Waals surface area contributed by atoms with Crippen LogP contribution in [0, 0.1) is 17.3 Å². The molecule has 1 atom stereocenters. The lowest BCUT2D eigenvalue weighted by Crippen LogP contribution is -2.18. The predicted octanol–water partition coefficient (Wildman–Crippen LogP) is 3.51. The van der Waals surface area contributed by atoms with Crippen LogP contribution in [0.1, 0.15) is 60.2 Å². The Morgan fingerprint density at radius 2 is 1.95 bits per heavy atom. The van der Waals surface area contributed by atoms with Gasteiger partial charge in [-0.25, -0.2) is 9.67 Å². The molecule has 0 N–H and O–H groups in total. The van der Waals surface area contributed by atoms with Crippen LogP contribution in [0.4, 0.5) is 0 Å². The van der Waals surface area contributed by atoms with Gasteiger partial charge in [0.1, 0.15) is 17.9 Å². The van der Waals surface area contributed by atoms with Crippen LogP contribution in [0.25, 0.3) is 0 Å². The third-order valence-corrected chi connectivity index (χ3v) is 3.13. The number of nitrogens with zero attached hydrogens (tertiary/aromatic N) is 3. The zero-order chi connectivity index (χ0) is 15.3. The maximum Gasteiger partial charge on any atom is 0.140 e. The number of ketones is 1. The summed E-state index contributed by atoms with van der Waals surface area (Å²) in [6, 6.07) is 0. The summed E-state index contributed by atoms with van der Waals surface area (Å²) in [5.41, 5.74) is 0.275. The first-order valence-corrected chi connectivity index (χ1v) is 7.55. The van der Waals surface area contributed by atoms with E-state index >= 15 is 0 Å². The van der Waals surface area contributed by atoms with Gasteiger partial charge in [0.05, 0.1) is 6.42 Å². The van der Waals surface area contributed by atoms with Crippen LogP contribution in [-0.2, 0) is 17.8 Å². The normalized spacial score (nSPS) is 13.8. The van der Waals surface area contributed by atoms with Crippen molar-refractivity contribution in [2.45, 2.75) is 67.3 Å². The summed E-state index contributed by atoms with van der Waals surface area (Å²) >= 11 is 0. The Balaban J connectivity index is 2.52. The molecule has 0 aliphatic heterocycles. The monoisotopic (exact) mass is 279 g/mol. The van der Waals surface area contributed by atoms with Crippen molar-refractivity contribution in [3.05, 3.63) is 12.2 Å². The van der Waals surface area contributed by atoms with Crippen molar-refractivity contribution in [3.8, 4) is 0 Å². The molecule has 4 heteroatoms. The molecule has 20 heavy (non-hydrogen) atoms. The van der Waals surface area contributed by atoms with Crippen molar-refractivity contribution in [2.24, 2.45) is 17.3 Å². The van der Waals surface area contributed by atoms with E-state index < -0.39 is 0 Å². The number of carbonyl (C=O) groups is 1. The molecule has 1 aromatic rings. The van der Waals surface area contributed by atoms with Gasteiger partial charge in [0, 0.05) is 13.0 Å². The third-order valence-electron chi connectivity index (χ3n) is 3.13. The van der Waals surface area contributed by atoms with Crippen molar-refractivity contribution in [1.82, 2.24) is 14.8 Å². The molecule has 0 aliphatic carbocycles. The summed E-state index contributed by atoms with van der Waals surface area (Å²) in [4.78, 5) is 16.4. The second kappa shape index (κ2) is 7.00. The van der Waals surface area contributed by atoms with Gasteiger partial charge in [0.2, 0.25) is 0 Å². The second-order valence-corrected chi connectivity index (χ2v) is 7.54. The van der Waals surface area contributed by atoms with E-state index in [2.05, 4.69) is 51.6 Å². The van der Waals surface area contributed by atoms with E-state index in [0.717, 1.165) is 18.8 Å². The first kappa shape index (κ1) is 16.9. The highest BCUT2D eigenvalue weighted by molar-refractivity contribution is 5.80. The standard InChI is InChI=1S/C16H29N3O/c1-12(2)10-19-15(17-11-18-19)8-14(20)7-13(3)9-16(4,5)6/h11-13H,7-10H2,1-6H3. The van der Waals surface area contributed by atoms with Crippen LogP contribution in [0.2, 0.25) is 0 Å². The highest BCUT2D eigenvalue weighted by atomic mass is 16.1. The maximum atomic E-state index is 12.2. The summed E-state index contributed by atoms with van der Waals surface area (Å²) in [6.45, 7) is 13.9. The van der Waals surface area contributed by atoms with E-state index in [1.54, 1.807) is 6.33 Å². The third kappa shape index (κ3) is 6.31. The summed E-state index contributed by atoms with van der Waals surface area (Å²) in [5.74, 6) is 1.99. The van der Waals surface area contributed by atoms with Crippen LogP contribution < -0.4 is 0 Å². The minimum Gasteiger partial charge on any atom is -0.299 e. The fraction of sp³-hybridized carbons (Fsp3) is 0.812. The number of hydrogen-bond donors (Lipinski definition) is 0. The zero-order valence-electron chi connectivity index (χ0n) is 13.8. The largest absolute Gasteiger partial charge is 0.299 e. The number of Topliss-reactive ketones (excluding diaryl/α,β-unsaturated/α-hetero) is 1. The molecule has 114 valence electrons. The van der Waals surface area contributed by atoms with E-state index in [-0.39, 0.29) is 11.2 Å². The summed E-state index contributed by atoms with van der Waals surface area (Å²) in [7, 11) is 0. The molecule has 0 aromatic carbocycles. The van der Waals surface area contributed by atoms with Gasteiger partial charge in [-0.15, -0.1) is 0 Å². The minimum absolute atomic E-state index is 0.264. The lowest BCUT2D eigenvalue weighted by atomic mass is 9.83. The highest BCUT2D eigenvalue weighted by Crippen LogP contribution is 2.26. The molecular formula is C16H29N3O. The second-order valence-electron chi connectivity index (χ2n) is 7.54. The molecule has 4 nitrogen and oxygen atoms in total. The van der Waals surface area contributed by atoms with Gasteiger partial charge < -0.3 is 0 Å². The lowest BCUT2D eigenvalue weighted by molar-refractivity contribution is -0.119. The Morgan fingerprint density at radius 3 is 2.50 bits per heavy atom.